The molecule has 31 heavy (non-hydrogen) atoms. The fourth-order valence-corrected chi connectivity index (χ4v) is 6.12. The van der Waals surface area contributed by atoms with E-state index in [1.54, 1.807) is 28.6 Å². The highest BCUT2D eigenvalue weighted by Gasteiger charge is 2.43. The summed E-state index contributed by atoms with van der Waals surface area (Å²) in [6.45, 7) is 2.07. The summed E-state index contributed by atoms with van der Waals surface area (Å²) in [5, 5.41) is 3.02. The maximum absolute atomic E-state index is 12.9. The van der Waals surface area contributed by atoms with Gasteiger partial charge in [0.05, 0.1) is 10.5 Å². The Morgan fingerprint density at radius 1 is 1.03 bits per heavy atom. The highest BCUT2D eigenvalue weighted by Crippen LogP contribution is 2.39. The molecule has 0 radical (unpaired) electrons. The molecule has 1 spiro atoms. The SMILES string of the molecule is O=C(CC1CCOC2(CCN(S(=O)(=O)c3ccccc3)CC2)C1)NCc1ccccc1. The second-order valence-electron chi connectivity index (χ2n) is 8.57. The van der Waals surface area contributed by atoms with Gasteiger partial charge in [0, 0.05) is 32.7 Å². The van der Waals surface area contributed by atoms with Crippen molar-refractivity contribution in [1.29, 1.82) is 0 Å². The van der Waals surface area contributed by atoms with Gasteiger partial charge in [0.25, 0.3) is 0 Å². The Morgan fingerprint density at radius 2 is 1.68 bits per heavy atom. The van der Waals surface area contributed by atoms with Gasteiger partial charge in [0.1, 0.15) is 0 Å². The number of ether oxygens (including phenoxy) is 1. The van der Waals surface area contributed by atoms with Crippen molar-refractivity contribution in [2.75, 3.05) is 19.7 Å². The van der Waals surface area contributed by atoms with E-state index in [1.165, 1.54) is 0 Å². The third-order valence-corrected chi connectivity index (χ3v) is 8.33. The summed E-state index contributed by atoms with van der Waals surface area (Å²) in [5.41, 5.74) is 0.775. The fraction of sp³-hybridized carbons (Fsp3) is 0.458. The number of nitrogens with zero attached hydrogens (tertiary/aromatic N) is 1. The number of piperidine rings is 1. The number of hydrogen-bond donors (Lipinski definition) is 1. The molecule has 1 unspecified atom stereocenters. The van der Waals surface area contributed by atoms with E-state index in [0.717, 1.165) is 18.4 Å². The van der Waals surface area contributed by atoms with E-state index in [4.69, 9.17) is 4.74 Å². The average molecular weight is 443 g/mol. The molecule has 1 N–H and O–H groups in total. The molecule has 2 aromatic rings. The lowest BCUT2D eigenvalue weighted by atomic mass is 9.78. The van der Waals surface area contributed by atoms with E-state index >= 15 is 0 Å². The molecule has 4 rings (SSSR count). The normalized spacial score (nSPS) is 21.6. The van der Waals surface area contributed by atoms with Crippen molar-refractivity contribution in [3.63, 3.8) is 0 Å². The Balaban J connectivity index is 1.30. The van der Waals surface area contributed by atoms with Crippen molar-refractivity contribution in [3.8, 4) is 0 Å². The largest absolute Gasteiger partial charge is 0.375 e. The minimum Gasteiger partial charge on any atom is -0.375 e. The Morgan fingerprint density at radius 3 is 2.35 bits per heavy atom. The van der Waals surface area contributed by atoms with Crippen molar-refractivity contribution >= 4 is 15.9 Å². The van der Waals surface area contributed by atoms with Crippen molar-refractivity contribution in [3.05, 3.63) is 66.2 Å². The molecule has 2 aromatic carbocycles. The zero-order valence-electron chi connectivity index (χ0n) is 17.7. The van der Waals surface area contributed by atoms with Gasteiger partial charge in [-0.15, -0.1) is 0 Å². The van der Waals surface area contributed by atoms with E-state index < -0.39 is 10.0 Å². The average Bonchev–Trinajstić information content (AvgIpc) is 2.79. The second-order valence-corrected chi connectivity index (χ2v) is 10.5. The van der Waals surface area contributed by atoms with Crippen LogP contribution in [0.15, 0.2) is 65.6 Å². The summed E-state index contributed by atoms with van der Waals surface area (Å²) >= 11 is 0. The zero-order chi connectivity index (χ0) is 21.7. The van der Waals surface area contributed by atoms with Crippen molar-refractivity contribution in [2.45, 2.75) is 49.1 Å². The number of nitrogens with one attached hydrogen (secondary N) is 1. The first kappa shape index (κ1) is 22.0. The topological polar surface area (TPSA) is 75.7 Å². The molecule has 2 aliphatic rings. The first-order chi connectivity index (χ1) is 15.0. The Hall–Kier alpha value is -2.22. The smallest absolute Gasteiger partial charge is 0.243 e. The second kappa shape index (κ2) is 9.51. The standard InChI is InChI=1S/C24H30N2O4S/c27-23(25-19-20-7-3-1-4-8-20)17-21-11-16-30-24(18-21)12-14-26(15-13-24)31(28,29)22-9-5-2-6-10-22/h1-10,21H,11-19H2,(H,25,27). The third-order valence-electron chi connectivity index (χ3n) is 6.42. The van der Waals surface area contributed by atoms with E-state index in [0.29, 0.717) is 50.4 Å². The first-order valence-corrected chi connectivity index (χ1v) is 12.4. The third kappa shape index (κ3) is 5.34. The van der Waals surface area contributed by atoms with Gasteiger partial charge < -0.3 is 10.1 Å². The predicted molar refractivity (Wildman–Crippen MR) is 119 cm³/mol. The number of hydrogen-bond acceptors (Lipinski definition) is 4. The van der Waals surface area contributed by atoms with Gasteiger partial charge in [-0.3, -0.25) is 4.79 Å². The van der Waals surface area contributed by atoms with Gasteiger partial charge in [-0.1, -0.05) is 48.5 Å². The fourth-order valence-electron chi connectivity index (χ4n) is 4.66. The summed E-state index contributed by atoms with van der Waals surface area (Å²) in [5.74, 6) is 0.330. The van der Waals surface area contributed by atoms with Crippen LogP contribution in [0.5, 0.6) is 0 Å². The highest BCUT2D eigenvalue weighted by atomic mass is 32.2. The van der Waals surface area contributed by atoms with Crippen LogP contribution < -0.4 is 5.32 Å². The van der Waals surface area contributed by atoms with Crippen molar-refractivity contribution in [2.24, 2.45) is 5.92 Å². The van der Waals surface area contributed by atoms with Gasteiger partial charge in [0.2, 0.25) is 15.9 Å². The molecule has 7 heteroatoms. The molecule has 6 nitrogen and oxygen atoms in total. The van der Waals surface area contributed by atoms with Crippen LogP contribution in [0.4, 0.5) is 0 Å². The number of amides is 1. The van der Waals surface area contributed by atoms with Crippen LogP contribution in [-0.4, -0.2) is 43.9 Å². The molecule has 1 atom stereocenters. The molecule has 0 saturated carbocycles. The van der Waals surface area contributed by atoms with E-state index in [-0.39, 0.29) is 17.4 Å². The van der Waals surface area contributed by atoms with Gasteiger partial charge in [-0.2, -0.15) is 4.31 Å². The molecule has 0 bridgehead atoms. The molecule has 1 amide bonds. The molecule has 2 fully saturated rings. The summed E-state index contributed by atoms with van der Waals surface area (Å²) in [6.07, 6.45) is 3.50. The number of carbonyl (C=O) groups excluding carboxylic acids is 1. The lowest BCUT2D eigenvalue weighted by Gasteiger charge is -2.45. The summed E-state index contributed by atoms with van der Waals surface area (Å²) in [6, 6.07) is 18.5. The number of rotatable bonds is 6. The van der Waals surface area contributed by atoms with Crippen LogP contribution in [0, 0.1) is 5.92 Å². The van der Waals surface area contributed by atoms with Crippen LogP contribution in [0.2, 0.25) is 0 Å². The Bertz CT molecular complexity index is 971. The lowest BCUT2D eigenvalue weighted by molar-refractivity contribution is -0.132. The molecule has 0 aliphatic carbocycles. The van der Waals surface area contributed by atoms with Crippen LogP contribution >= 0.6 is 0 Å². The number of sulfonamides is 1. The zero-order valence-corrected chi connectivity index (χ0v) is 18.5. The highest BCUT2D eigenvalue weighted by molar-refractivity contribution is 7.89. The quantitative estimate of drug-likeness (QED) is 0.745. The minimum absolute atomic E-state index is 0.0648. The maximum atomic E-state index is 12.9. The van der Waals surface area contributed by atoms with Gasteiger partial charge in [0.15, 0.2) is 0 Å². The number of carbonyl (C=O) groups is 1. The van der Waals surface area contributed by atoms with Gasteiger partial charge in [-0.05, 0) is 49.3 Å². The summed E-state index contributed by atoms with van der Waals surface area (Å²) < 4.78 is 33.5. The molecule has 0 aromatic heterocycles. The van der Waals surface area contributed by atoms with Crippen molar-refractivity contribution in [1.82, 2.24) is 9.62 Å². The van der Waals surface area contributed by atoms with Crippen LogP contribution in [0.3, 0.4) is 0 Å². The molecule has 166 valence electrons. The van der Waals surface area contributed by atoms with Crippen LogP contribution in [0.25, 0.3) is 0 Å². The Kier molecular flexibility index (Phi) is 6.74. The summed E-state index contributed by atoms with van der Waals surface area (Å²) in [4.78, 5) is 12.8. The van der Waals surface area contributed by atoms with E-state index in [2.05, 4.69) is 5.32 Å². The Labute approximate surface area is 184 Å². The lowest BCUT2D eigenvalue weighted by Crippen LogP contribution is -2.51. The van der Waals surface area contributed by atoms with Crippen LogP contribution in [0.1, 0.15) is 37.7 Å². The molecule has 2 aliphatic heterocycles. The van der Waals surface area contributed by atoms with Crippen molar-refractivity contribution < 1.29 is 17.9 Å². The van der Waals surface area contributed by atoms with Gasteiger partial charge >= 0.3 is 0 Å². The monoisotopic (exact) mass is 442 g/mol. The molecule has 2 saturated heterocycles. The summed E-state index contributed by atoms with van der Waals surface area (Å²) in [7, 11) is -3.47. The predicted octanol–water partition coefficient (Wildman–Crippen LogP) is 3.34. The molecular formula is C24H30N2O4S. The molecule has 2 heterocycles. The van der Waals surface area contributed by atoms with Gasteiger partial charge in [-0.25, -0.2) is 8.42 Å². The van der Waals surface area contributed by atoms with Crippen LogP contribution in [-0.2, 0) is 26.1 Å². The molecular weight excluding hydrogens is 412 g/mol. The maximum Gasteiger partial charge on any atom is 0.243 e. The number of benzene rings is 2. The van der Waals surface area contributed by atoms with E-state index in [9.17, 15) is 13.2 Å². The minimum atomic E-state index is -3.47. The van der Waals surface area contributed by atoms with E-state index in [1.807, 2.05) is 36.4 Å². The first-order valence-electron chi connectivity index (χ1n) is 11.0.